The van der Waals surface area contributed by atoms with Crippen molar-refractivity contribution < 1.29 is 0 Å². The van der Waals surface area contributed by atoms with E-state index in [0.29, 0.717) is 0 Å². The van der Waals surface area contributed by atoms with Gasteiger partial charge in [0, 0.05) is 11.3 Å². The topological polar surface area (TPSA) is 25.8 Å². The number of rotatable bonds is 3. The first kappa shape index (κ1) is 13.0. The van der Waals surface area contributed by atoms with Gasteiger partial charge in [0.15, 0.2) is 0 Å². The van der Waals surface area contributed by atoms with E-state index >= 15 is 0 Å². The van der Waals surface area contributed by atoms with E-state index in [2.05, 4.69) is 16.0 Å². The summed E-state index contributed by atoms with van der Waals surface area (Å²) in [5.74, 6) is 0. The molecule has 1 aromatic carbocycles. The molecule has 2 heterocycles. The highest BCUT2D eigenvalue weighted by Gasteiger charge is 2.17. The van der Waals surface area contributed by atoms with Crippen LogP contribution in [0.15, 0.2) is 24.3 Å². The lowest BCUT2D eigenvalue weighted by molar-refractivity contribution is 0.914. The van der Waals surface area contributed by atoms with Crippen LogP contribution in [0.5, 0.6) is 0 Å². The maximum absolute atomic E-state index is 6.52. The Kier molecular flexibility index (Phi) is 3.56. The smallest absolute Gasteiger partial charge is 0.0957 e. The SMILES string of the molecule is Cc1nc(C)c(C(Cl)Cc2nc3ccccc3s2)s1. The molecule has 0 aliphatic rings. The Morgan fingerprint density at radius 2 is 1.95 bits per heavy atom. The van der Waals surface area contributed by atoms with Crippen LogP contribution in [0, 0.1) is 13.8 Å². The summed E-state index contributed by atoms with van der Waals surface area (Å²) < 4.78 is 1.22. The summed E-state index contributed by atoms with van der Waals surface area (Å²) >= 11 is 9.93. The summed E-state index contributed by atoms with van der Waals surface area (Å²) in [7, 11) is 0. The van der Waals surface area contributed by atoms with Gasteiger partial charge in [-0.1, -0.05) is 12.1 Å². The number of alkyl halides is 1. The van der Waals surface area contributed by atoms with Crippen molar-refractivity contribution in [2.75, 3.05) is 0 Å². The second-order valence-corrected chi connectivity index (χ2v) is 7.31. The van der Waals surface area contributed by atoms with Gasteiger partial charge in [-0.05, 0) is 26.0 Å². The zero-order valence-electron chi connectivity index (χ0n) is 10.7. The molecule has 0 aliphatic carbocycles. The maximum Gasteiger partial charge on any atom is 0.0957 e. The first-order valence-electron chi connectivity index (χ1n) is 6.06. The molecule has 1 unspecified atom stereocenters. The van der Waals surface area contributed by atoms with Crippen molar-refractivity contribution in [1.82, 2.24) is 9.97 Å². The third-order valence-corrected chi connectivity index (χ3v) is 5.66. The second kappa shape index (κ2) is 5.19. The number of thiazole rings is 2. The Labute approximate surface area is 125 Å². The van der Waals surface area contributed by atoms with Gasteiger partial charge < -0.3 is 0 Å². The Morgan fingerprint density at radius 1 is 1.16 bits per heavy atom. The van der Waals surface area contributed by atoms with E-state index in [-0.39, 0.29) is 5.38 Å². The van der Waals surface area contributed by atoms with E-state index in [0.717, 1.165) is 27.6 Å². The first-order chi connectivity index (χ1) is 9.13. The Hall–Kier alpha value is -0.970. The van der Waals surface area contributed by atoms with Gasteiger partial charge in [0.2, 0.25) is 0 Å². The molecule has 3 rings (SSSR count). The molecule has 0 spiro atoms. The first-order valence-corrected chi connectivity index (χ1v) is 8.13. The molecular formula is C14H13ClN2S2. The van der Waals surface area contributed by atoms with Gasteiger partial charge in [-0.2, -0.15) is 0 Å². The molecule has 2 aromatic heterocycles. The van der Waals surface area contributed by atoms with Gasteiger partial charge in [-0.15, -0.1) is 34.3 Å². The number of halogens is 1. The molecule has 0 N–H and O–H groups in total. The van der Waals surface area contributed by atoms with Crippen molar-refractivity contribution in [3.8, 4) is 0 Å². The van der Waals surface area contributed by atoms with Crippen molar-refractivity contribution in [1.29, 1.82) is 0 Å². The van der Waals surface area contributed by atoms with Crippen molar-refractivity contribution in [2.24, 2.45) is 0 Å². The number of para-hydroxylation sites is 1. The normalized spacial score (nSPS) is 13.0. The standard InChI is InChI=1S/C14H13ClN2S2/c1-8-14(18-9(2)16-8)10(15)7-13-17-11-5-3-4-6-12(11)19-13/h3-6,10H,7H2,1-2H3. The van der Waals surface area contributed by atoms with Crippen LogP contribution in [-0.2, 0) is 6.42 Å². The Bertz CT molecular complexity index is 684. The molecule has 0 saturated carbocycles. The summed E-state index contributed by atoms with van der Waals surface area (Å²) in [6.45, 7) is 4.04. The van der Waals surface area contributed by atoms with Crippen molar-refractivity contribution in [3.05, 3.63) is 44.9 Å². The molecule has 0 fully saturated rings. The second-order valence-electron chi connectivity index (χ2n) is 4.43. The van der Waals surface area contributed by atoms with Crippen LogP contribution < -0.4 is 0 Å². The van der Waals surface area contributed by atoms with E-state index in [1.54, 1.807) is 22.7 Å². The lowest BCUT2D eigenvalue weighted by Gasteiger charge is -2.05. The summed E-state index contributed by atoms with van der Waals surface area (Å²) in [4.78, 5) is 10.2. The number of nitrogens with zero attached hydrogens (tertiary/aromatic N) is 2. The van der Waals surface area contributed by atoms with Crippen LogP contribution in [0.25, 0.3) is 10.2 Å². The average molecular weight is 309 g/mol. The van der Waals surface area contributed by atoms with E-state index in [9.17, 15) is 0 Å². The molecule has 19 heavy (non-hydrogen) atoms. The van der Waals surface area contributed by atoms with Crippen LogP contribution in [0.3, 0.4) is 0 Å². The molecule has 3 aromatic rings. The van der Waals surface area contributed by atoms with Gasteiger partial charge in [0.05, 0.1) is 31.3 Å². The van der Waals surface area contributed by atoms with Crippen LogP contribution in [-0.4, -0.2) is 9.97 Å². The predicted molar refractivity (Wildman–Crippen MR) is 83.5 cm³/mol. The van der Waals surface area contributed by atoms with Gasteiger partial charge in [0.1, 0.15) is 0 Å². The quantitative estimate of drug-likeness (QED) is 0.644. The van der Waals surface area contributed by atoms with Gasteiger partial charge in [0.25, 0.3) is 0 Å². The number of hydrogen-bond acceptors (Lipinski definition) is 4. The Morgan fingerprint density at radius 3 is 2.63 bits per heavy atom. The molecule has 0 saturated heterocycles. The lowest BCUT2D eigenvalue weighted by Crippen LogP contribution is -1.95. The minimum absolute atomic E-state index is 0.0354. The number of aryl methyl sites for hydroxylation is 2. The fraction of sp³-hybridized carbons (Fsp3) is 0.286. The van der Waals surface area contributed by atoms with Crippen molar-refractivity contribution in [3.63, 3.8) is 0 Å². The summed E-state index contributed by atoms with van der Waals surface area (Å²) in [6, 6.07) is 8.20. The maximum atomic E-state index is 6.52. The van der Waals surface area contributed by atoms with Crippen LogP contribution >= 0.6 is 34.3 Å². The molecule has 0 radical (unpaired) electrons. The number of aromatic nitrogens is 2. The van der Waals surface area contributed by atoms with E-state index in [4.69, 9.17) is 11.6 Å². The van der Waals surface area contributed by atoms with E-state index < -0.39 is 0 Å². The van der Waals surface area contributed by atoms with Crippen molar-refractivity contribution in [2.45, 2.75) is 25.6 Å². The van der Waals surface area contributed by atoms with E-state index in [1.807, 2.05) is 32.0 Å². The zero-order chi connectivity index (χ0) is 13.4. The molecule has 0 bridgehead atoms. The molecule has 98 valence electrons. The molecule has 5 heteroatoms. The number of benzene rings is 1. The van der Waals surface area contributed by atoms with Crippen molar-refractivity contribution >= 4 is 44.5 Å². The predicted octanol–water partition coefficient (Wildman–Crippen LogP) is 4.89. The average Bonchev–Trinajstić information content (AvgIpc) is 2.91. The van der Waals surface area contributed by atoms with Crippen LogP contribution in [0.4, 0.5) is 0 Å². The number of fused-ring (bicyclic) bond motifs is 1. The third kappa shape index (κ3) is 2.66. The van der Waals surface area contributed by atoms with Gasteiger partial charge in [-0.25, -0.2) is 9.97 Å². The highest BCUT2D eigenvalue weighted by atomic mass is 35.5. The molecular weight excluding hydrogens is 296 g/mol. The van der Waals surface area contributed by atoms with Gasteiger partial charge >= 0.3 is 0 Å². The molecule has 0 amide bonds. The lowest BCUT2D eigenvalue weighted by atomic mass is 10.2. The Balaban J connectivity index is 1.86. The van der Waals surface area contributed by atoms with E-state index in [1.165, 1.54) is 9.58 Å². The highest BCUT2D eigenvalue weighted by Crippen LogP contribution is 2.34. The molecule has 1 atom stereocenters. The minimum Gasteiger partial charge on any atom is -0.247 e. The summed E-state index contributed by atoms with van der Waals surface area (Å²) in [5.41, 5.74) is 2.10. The van der Waals surface area contributed by atoms with Gasteiger partial charge in [-0.3, -0.25) is 0 Å². The summed E-state index contributed by atoms with van der Waals surface area (Å²) in [6.07, 6.45) is 0.767. The zero-order valence-corrected chi connectivity index (χ0v) is 13.1. The summed E-state index contributed by atoms with van der Waals surface area (Å²) in [5, 5.41) is 2.13. The van der Waals surface area contributed by atoms with Crippen LogP contribution in [0.1, 0.15) is 26.0 Å². The van der Waals surface area contributed by atoms with Crippen LogP contribution in [0.2, 0.25) is 0 Å². The highest BCUT2D eigenvalue weighted by molar-refractivity contribution is 7.18. The number of hydrogen-bond donors (Lipinski definition) is 0. The largest absolute Gasteiger partial charge is 0.247 e. The molecule has 0 aliphatic heterocycles. The monoisotopic (exact) mass is 308 g/mol. The fourth-order valence-corrected chi connectivity index (χ4v) is 4.54. The third-order valence-electron chi connectivity index (χ3n) is 2.92. The fourth-order valence-electron chi connectivity index (χ4n) is 2.09. The minimum atomic E-state index is -0.0354. The molecule has 2 nitrogen and oxygen atoms in total.